The normalized spacial score (nSPS) is 24.6. The molecule has 7 heteroatoms. The van der Waals surface area contributed by atoms with E-state index in [1.807, 2.05) is 0 Å². The molecule has 0 saturated heterocycles. The van der Waals surface area contributed by atoms with Gasteiger partial charge >= 0.3 is 5.97 Å². The van der Waals surface area contributed by atoms with Crippen molar-refractivity contribution >= 4 is 11.9 Å². The van der Waals surface area contributed by atoms with Gasteiger partial charge in [-0.25, -0.2) is 0 Å². The van der Waals surface area contributed by atoms with E-state index in [4.69, 9.17) is 5.11 Å². The van der Waals surface area contributed by atoms with Gasteiger partial charge < -0.3 is 14.9 Å². The summed E-state index contributed by atoms with van der Waals surface area (Å²) in [5, 5.41) is 15.3. The Morgan fingerprint density at radius 2 is 2.22 bits per heavy atom. The molecule has 1 amide bonds. The molecule has 2 rings (SSSR count). The van der Waals surface area contributed by atoms with Gasteiger partial charge in [0.15, 0.2) is 5.82 Å². The fourth-order valence-corrected chi connectivity index (χ4v) is 2.30. The summed E-state index contributed by atoms with van der Waals surface area (Å²) in [4.78, 5) is 26.6. The summed E-state index contributed by atoms with van der Waals surface area (Å²) >= 11 is 0. The van der Waals surface area contributed by atoms with Gasteiger partial charge in [-0.1, -0.05) is 19.0 Å². The SMILES string of the molecule is CC1(C)[C@H](C(=O)O)[C@@H]1C(=O)NCCc1ncon1. The van der Waals surface area contributed by atoms with Crippen LogP contribution in [0.1, 0.15) is 19.7 Å². The lowest BCUT2D eigenvalue weighted by atomic mass is 10.1. The van der Waals surface area contributed by atoms with Crippen LogP contribution < -0.4 is 5.32 Å². The maximum atomic E-state index is 11.8. The first kappa shape index (κ1) is 12.5. The number of aliphatic carboxylic acids is 1. The molecule has 2 N–H and O–H groups in total. The molecule has 2 atom stereocenters. The Balaban J connectivity index is 1.81. The second-order valence-corrected chi connectivity index (χ2v) is 5.00. The minimum atomic E-state index is -0.918. The number of aromatic nitrogens is 2. The zero-order valence-corrected chi connectivity index (χ0v) is 10.2. The van der Waals surface area contributed by atoms with Crippen molar-refractivity contribution in [2.24, 2.45) is 17.3 Å². The molecule has 18 heavy (non-hydrogen) atoms. The lowest BCUT2D eigenvalue weighted by Gasteiger charge is -2.04. The van der Waals surface area contributed by atoms with Crippen LogP contribution >= 0.6 is 0 Å². The number of hydrogen-bond acceptors (Lipinski definition) is 5. The Kier molecular flexibility index (Phi) is 3.06. The Labute approximate surface area is 104 Å². The topological polar surface area (TPSA) is 105 Å². The minimum Gasteiger partial charge on any atom is -0.481 e. The van der Waals surface area contributed by atoms with Gasteiger partial charge in [0.05, 0.1) is 11.8 Å². The van der Waals surface area contributed by atoms with Gasteiger partial charge in [-0.15, -0.1) is 0 Å². The summed E-state index contributed by atoms with van der Waals surface area (Å²) < 4.78 is 4.56. The zero-order valence-electron chi connectivity index (χ0n) is 10.2. The first-order valence-electron chi connectivity index (χ1n) is 5.70. The molecule has 1 heterocycles. The van der Waals surface area contributed by atoms with Gasteiger partial charge in [-0.05, 0) is 5.41 Å². The van der Waals surface area contributed by atoms with Crippen LogP contribution in [0, 0.1) is 17.3 Å². The van der Waals surface area contributed by atoms with E-state index in [0.29, 0.717) is 18.8 Å². The van der Waals surface area contributed by atoms with Crippen LogP contribution in [0.5, 0.6) is 0 Å². The van der Waals surface area contributed by atoms with Crippen molar-refractivity contribution in [3.63, 3.8) is 0 Å². The molecule has 0 aliphatic heterocycles. The van der Waals surface area contributed by atoms with Gasteiger partial charge in [-0.3, -0.25) is 9.59 Å². The number of carbonyl (C=O) groups excluding carboxylic acids is 1. The van der Waals surface area contributed by atoms with E-state index in [2.05, 4.69) is 20.0 Å². The van der Waals surface area contributed by atoms with Crippen molar-refractivity contribution in [1.82, 2.24) is 15.5 Å². The van der Waals surface area contributed by atoms with Gasteiger partial charge in [-0.2, -0.15) is 4.98 Å². The highest BCUT2D eigenvalue weighted by Crippen LogP contribution is 2.58. The maximum Gasteiger partial charge on any atom is 0.307 e. The molecule has 1 aromatic rings. The van der Waals surface area contributed by atoms with E-state index in [-0.39, 0.29) is 5.91 Å². The van der Waals surface area contributed by atoms with Crippen molar-refractivity contribution in [2.45, 2.75) is 20.3 Å². The second kappa shape index (κ2) is 4.40. The van der Waals surface area contributed by atoms with Gasteiger partial charge in [0.25, 0.3) is 0 Å². The summed E-state index contributed by atoms with van der Waals surface area (Å²) in [6.45, 7) is 3.95. The van der Waals surface area contributed by atoms with Crippen LogP contribution in [0.3, 0.4) is 0 Å². The van der Waals surface area contributed by atoms with Crippen molar-refractivity contribution in [1.29, 1.82) is 0 Å². The second-order valence-electron chi connectivity index (χ2n) is 5.00. The number of carboxylic acid groups (broad SMARTS) is 1. The summed E-state index contributed by atoms with van der Waals surface area (Å²) in [6, 6.07) is 0. The largest absolute Gasteiger partial charge is 0.481 e. The third-order valence-corrected chi connectivity index (χ3v) is 3.43. The summed E-state index contributed by atoms with van der Waals surface area (Å²) in [5.41, 5.74) is -0.470. The third-order valence-electron chi connectivity index (χ3n) is 3.43. The van der Waals surface area contributed by atoms with Gasteiger partial charge in [0.1, 0.15) is 0 Å². The highest BCUT2D eigenvalue weighted by molar-refractivity contribution is 5.91. The van der Waals surface area contributed by atoms with E-state index in [1.165, 1.54) is 6.39 Å². The molecule has 1 fully saturated rings. The molecule has 0 spiro atoms. The molecule has 1 aliphatic carbocycles. The van der Waals surface area contributed by atoms with Crippen molar-refractivity contribution in [2.75, 3.05) is 6.54 Å². The zero-order chi connectivity index (χ0) is 13.3. The fourth-order valence-electron chi connectivity index (χ4n) is 2.30. The van der Waals surface area contributed by atoms with Crippen LogP contribution in [0.15, 0.2) is 10.9 Å². The average molecular weight is 253 g/mol. The van der Waals surface area contributed by atoms with Crippen LogP contribution in [-0.4, -0.2) is 33.7 Å². The number of carbonyl (C=O) groups is 2. The molecule has 0 radical (unpaired) electrons. The van der Waals surface area contributed by atoms with Crippen molar-refractivity contribution in [3.05, 3.63) is 12.2 Å². The predicted octanol–water partition coefficient (Wildman–Crippen LogP) is 0.0851. The Bertz CT molecular complexity index is 455. The smallest absolute Gasteiger partial charge is 0.307 e. The Morgan fingerprint density at radius 1 is 1.50 bits per heavy atom. The molecule has 1 saturated carbocycles. The number of nitrogens with zero attached hydrogens (tertiary/aromatic N) is 2. The number of carboxylic acids is 1. The van der Waals surface area contributed by atoms with Crippen LogP contribution in [0.4, 0.5) is 0 Å². The van der Waals surface area contributed by atoms with E-state index >= 15 is 0 Å². The maximum absolute atomic E-state index is 11.8. The number of amides is 1. The number of rotatable bonds is 5. The molecule has 0 unspecified atom stereocenters. The first-order chi connectivity index (χ1) is 8.44. The molecular weight excluding hydrogens is 238 g/mol. The van der Waals surface area contributed by atoms with Crippen molar-refractivity contribution < 1.29 is 19.2 Å². The Morgan fingerprint density at radius 3 is 2.72 bits per heavy atom. The lowest BCUT2D eigenvalue weighted by molar-refractivity contribution is -0.140. The van der Waals surface area contributed by atoms with Gasteiger partial charge in [0.2, 0.25) is 12.3 Å². The fraction of sp³-hybridized carbons (Fsp3) is 0.636. The summed E-state index contributed by atoms with van der Waals surface area (Å²) in [5.74, 6) is -1.68. The molecule has 98 valence electrons. The van der Waals surface area contributed by atoms with E-state index in [9.17, 15) is 9.59 Å². The molecule has 1 aliphatic rings. The molecule has 0 bridgehead atoms. The standard InChI is InChI=1S/C11H15N3O4/c1-11(2)7(8(11)10(16)17)9(15)12-4-3-6-13-5-18-14-6/h5,7-8H,3-4H2,1-2H3,(H,12,15)(H,16,17)/t7-,8+/m1/s1. The first-order valence-corrected chi connectivity index (χ1v) is 5.70. The van der Waals surface area contributed by atoms with E-state index in [0.717, 1.165) is 0 Å². The van der Waals surface area contributed by atoms with Crippen LogP contribution in [0.25, 0.3) is 0 Å². The Hall–Kier alpha value is -1.92. The molecule has 7 nitrogen and oxygen atoms in total. The molecule has 0 aromatic carbocycles. The monoisotopic (exact) mass is 253 g/mol. The van der Waals surface area contributed by atoms with Gasteiger partial charge in [0, 0.05) is 13.0 Å². The highest BCUT2D eigenvalue weighted by atomic mass is 16.5. The van der Waals surface area contributed by atoms with E-state index in [1.54, 1.807) is 13.8 Å². The highest BCUT2D eigenvalue weighted by Gasteiger charge is 2.65. The molecule has 1 aromatic heterocycles. The number of hydrogen-bond donors (Lipinski definition) is 2. The average Bonchev–Trinajstić information content (AvgIpc) is 2.65. The minimum absolute atomic E-state index is 0.226. The summed E-state index contributed by atoms with van der Waals surface area (Å²) in [6.07, 6.45) is 1.69. The molecular formula is C11H15N3O4. The van der Waals surface area contributed by atoms with Crippen LogP contribution in [-0.2, 0) is 16.0 Å². The van der Waals surface area contributed by atoms with Crippen LogP contribution in [0.2, 0.25) is 0 Å². The third kappa shape index (κ3) is 2.20. The predicted molar refractivity (Wildman–Crippen MR) is 59.4 cm³/mol. The van der Waals surface area contributed by atoms with Crippen molar-refractivity contribution in [3.8, 4) is 0 Å². The van der Waals surface area contributed by atoms with E-state index < -0.39 is 23.2 Å². The quantitative estimate of drug-likeness (QED) is 0.770. The number of nitrogens with one attached hydrogen (secondary N) is 1. The summed E-state index contributed by atoms with van der Waals surface area (Å²) in [7, 11) is 0. The lowest BCUT2D eigenvalue weighted by Crippen LogP contribution is -2.29.